The Morgan fingerprint density at radius 3 is 1.80 bits per heavy atom. The first kappa shape index (κ1) is 87.7. The molecule has 102 heavy (non-hydrogen) atoms. The van der Waals surface area contributed by atoms with E-state index in [1.165, 1.54) is 31.7 Å². The van der Waals surface area contributed by atoms with Crippen LogP contribution in [0, 0.1) is 41.4 Å². The number of rotatable bonds is 32. The number of carbonyl (C=O) groups excluding carboxylic acids is 14. The summed E-state index contributed by atoms with van der Waals surface area (Å²) in [6, 6.07) is -6.26. The molecular weight excluding hydrogens is 1320 g/mol. The predicted molar refractivity (Wildman–Crippen MR) is 382 cm³/mol. The molecule has 0 bridgehead atoms. The summed E-state index contributed by atoms with van der Waals surface area (Å²) in [5, 5.41) is 42.4. The summed E-state index contributed by atoms with van der Waals surface area (Å²) in [4.78, 5) is 200. The number of amides is 13. The number of carbonyl (C=O) groups is 14. The summed E-state index contributed by atoms with van der Waals surface area (Å²) in [6.45, 7) is 27.7. The maximum absolute atomic E-state index is 15.0. The number of aliphatic hydroxyl groups excluding tert-OH is 1. The van der Waals surface area contributed by atoms with Gasteiger partial charge in [-0.05, 0) is 106 Å². The molecule has 15 N–H and O–H groups in total. The Balaban J connectivity index is 1.95. The number of nitrogens with zero attached hydrogens (tertiary/aromatic N) is 1. The SMILES string of the molecule is C/C=C1\NC(=O)[C@H](Cc2ccccc2)NC(=O)[C@@H](C(C)C)NC(=O)[C@@H]([C@@H](C)CC)NC(=O)[C@H](NC(=O)[C@H](NC(=O)[C@H](CCCN)NC(=O)[C@H]2CCCN2C(=O)[C@H](NC(=O)CNC(=O)[C@@H](NC(=O)[C@H](NC(=O)CCCC(C)C)C(C)C)[C@@H](C)O)C(C)C)[C@@H](C)CC)[C@@H](C)OC(=O)[C@H](C(C)C)NC1=O. The van der Waals surface area contributed by atoms with Gasteiger partial charge in [0.05, 0.1) is 12.6 Å². The molecule has 572 valence electrons. The van der Waals surface area contributed by atoms with E-state index in [4.69, 9.17) is 10.5 Å². The number of ether oxygens (including phenoxy) is 1. The Labute approximate surface area is 601 Å². The number of allylic oxidation sites excluding steroid dienone is 1. The fraction of sp³-hybridized carbons (Fsp3) is 0.694. The number of esters is 1. The zero-order valence-corrected chi connectivity index (χ0v) is 62.8. The van der Waals surface area contributed by atoms with Crippen molar-refractivity contribution in [1.82, 2.24) is 68.7 Å². The lowest BCUT2D eigenvalue weighted by Crippen LogP contribution is -2.64. The van der Waals surface area contributed by atoms with E-state index in [2.05, 4.69) is 63.8 Å². The van der Waals surface area contributed by atoms with Crippen LogP contribution in [0.4, 0.5) is 0 Å². The molecule has 0 aromatic heterocycles. The first-order valence-electron chi connectivity index (χ1n) is 36.1. The molecule has 30 heteroatoms. The number of nitrogens with one attached hydrogen (secondary N) is 12. The Hall–Kier alpha value is -8.54. The van der Waals surface area contributed by atoms with Crippen LogP contribution < -0.4 is 69.5 Å². The molecule has 2 aliphatic heterocycles. The summed E-state index contributed by atoms with van der Waals surface area (Å²) in [5.74, 6) is -14.5. The van der Waals surface area contributed by atoms with Gasteiger partial charge in [0.2, 0.25) is 70.9 Å². The van der Waals surface area contributed by atoms with E-state index in [0.717, 1.165) is 6.42 Å². The standard InChI is InChI=1S/C72H118N14O16/c1-18-42(14)57(69(98)85-60-45(17)102-72(101)56(41(12)13)81-61(90)47(20-3)75-63(92)49(35-46-28-22-21-23-29-46)77-66(95)54(39(8)9)80-68(97)58(43(15)19-2)83-70(60)99)82-62(91)48(30-25-33-73)76-64(93)50-31-26-34-86(50)71(100)55(40(10)11)79-52(89)36-74-65(94)59(44(16)87)84-67(96)53(38(6)7)78-51(88)32-24-27-37(4)5/h20-23,28-29,37-45,48-50,53-60,87H,18-19,24-27,30-36,73H2,1-17H3,(H,74,94)(H,75,92)(H,76,93)(H,77,95)(H,78,88)(H,79,89)(H,80,97)(H,81,90)(H,82,91)(H,83,99)(H,84,96)(H,85,98)/b47-20-/t42-,43-,44+,45+,48-,49-,50+,53+,54+,55+,56-,57+,58+,59-,60+/m0/s1. The predicted octanol–water partition coefficient (Wildman–Crippen LogP) is 0.812. The summed E-state index contributed by atoms with van der Waals surface area (Å²) >= 11 is 0. The van der Waals surface area contributed by atoms with Crippen molar-refractivity contribution in [3.8, 4) is 0 Å². The minimum absolute atomic E-state index is 0.0347. The molecule has 2 heterocycles. The van der Waals surface area contributed by atoms with Crippen LogP contribution in [0.25, 0.3) is 0 Å². The van der Waals surface area contributed by atoms with E-state index in [1.54, 1.807) is 113 Å². The highest BCUT2D eigenvalue weighted by atomic mass is 16.5. The zero-order valence-electron chi connectivity index (χ0n) is 62.8. The van der Waals surface area contributed by atoms with Gasteiger partial charge in [0.1, 0.15) is 78.3 Å². The zero-order chi connectivity index (χ0) is 77.0. The molecule has 0 radical (unpaired) electrons. The lowest BCUT2D eigenvalue weighted by Gasteiger charge is -2.33. The van der Waals surface area contributed by atoms with E-state index in [1.807, 2.05) is 13.8 Å². The van der Waals surface area contributed by atoms with Crippen molar-refractivity contribution in [3.05, 3.63) is 47.7 Å². The second kappa shape index (κ2) is 42.8. The number of aliphatic hydroxyl groups is 1. The van der Waals surface area contributed by atoms with Gasteiger partial charge in [0.15, 0.2) is 0 Å². The molecule has 1 aromatic rings. The minimum Gasteiger partial charge on any atom is -0.458 e. The lowest BCUT2D eigenvalue weighted by molar-refractivity contribution is -0.157. The van der Waals surface area contributed by atoms with Gasteiger partial charge in [-0.3, -0.25) is 62.3 Å². The highest BCUT2D eigenvalue weighted by Gasteiger charge is 2.44. The molecule has 1 aromatic carbocycles. The van der Waals surface area contributed by atoms with Gasteiger partial charge in [-0.25, -0.2) is 4.79 Å². The molecule has 2 aliphatic rings. The van der Waals surface area contributed by atoms with Gasteiger partial charge >= 0.3 is 5.97 Å². The van der Waals surface area contributed by atoms with Crippen molar-refractivity contribution >= 4 is 82.8 Å². The largest absolute Gasteiger partial charge is 0.458 e. The van der Waals surface area contributed by atoms with Crippen LogP contribution in [0.2, 0.25) is 0 Å². The number of cyclic esters (lactones) is 1. The maximum Gasteiger partial charge on any atom is 0.329 e. The third-order valence-electron chi connectivity index (χ3n) is 18.5. The van der Waals surface area contributed by atoms with Gasteiger partial charge in [0.25, 0.3) is 5.91 Å². The second-order valence-electron chi connectivity index (χ2n) is 28.7. The molecule has 3 rings (SSSR count). The second-order valence-corrected chi connectivity index (χ2v) is 28.7. The Bertz CT molecular complexity index is 3070. The summed E-state index contributed by atoms with van der Waals surface area (Å²) in [7, 11) is 0. The van der Waals surface area contributed by atoms with Crippen molar-refractivity contribution in [1.29, 1.82) is 0 Å². The minimum atomic E-state index is -1.82. The van der Waals surface area contributed by atoms with Gasteiger partial charge in [-0.1, -0.05) is 153 Å². The number of likely N-dealkylation sites (tertiary alicyclic amines) is 1. The Kier molecular flexibility index (Phi) is 36.8. The Morgan fingerprint density at radius 1 is 0.647 bits per heavy atom. The number of benzene rings is 1. The molecule has 13 amide bonds. The molecular formula is C72H118N14O16. The smallest absolute Gasteiger partial charge is 0.329 e. The van der Waals surface area contributed by atoms with Crippen LogP contribution in [0.3, 0.4) is 0 Å². The van der Waals surface area contributed by atoms with Crippen molar-refractivity contribution in [2.24, 2.45) is 47.2 Å². The van der Waals surface area contributed by atoms with Crippen molar-refractivity contribution in [2.75, 3.05) is 19.6 Å². The first-order chi connectivity index (χ1) is 47.9. The van der Waals surface area contributed by atoms with Crippen LogP contribution in [0.1, 0.15) is 181 Å². The normalized spacial score (nSPS) is 22.5. The van der Waals surface area contributed by atoms with E-state index < -0.39 is 198 Å². The van der Waals surface area contributed by atoms with Gasteiger partial charge in [-0.15, -0.1) is 0 Å². The van der Waals surface area contributed by atoms with E-state index in [9.17, 15) is 67.4 Å². The maximum atomic E-state index is 15.0. The highest BCUT2D eigenvalue weighted by Crippen LogP contribution is 2.23. The fourth-order valence-electron chi connectivity index (χ4n) is 11.6. The number of nitrogens with two attached hydrogens (primary N) is 1. The summed E-state index contributed by atoms with van der Waals surface area (Å²) in [6.07, 6.45) is 1.07. The molecule has 0 spiro atoms. The Morgan fingerprint density at radius 2 is 1.25 bits per heavy atom. The van der Waals surface area contributed by atoms with Crippen molar-refractivity contribution in [2.45, 2.75) is 261 Å². The van der Waals surface area contributed by atoms with E-state index >= 15 is 4.79 Å². The van der Waals surface area contributed by atoms with E-state index in [0.29, 0.717) is 30.7 Å². The van der Waals surface area contributed by atoms with Crippen LogP contribution in [-0.4, -0.2) is 191 Å². The molecule has 0 unspecified atom stereocenters. The first-order valence-corrected chi connectivity index (χ1v) is 36.1. The van der Waals surface area contributed by atoms with Crippen LogP contribution in [0.5, 0.6) is 0 Å². The summed E-state index contributed by atoms with van der Waals surface area (Å²) < 4.78 is 5.95. The van der Waals surface area contributed by atoms with Gasteiger partial charge in [0, 0.05) is 19.4 Å². The molecule has 0 saturated carbocycles. The molecule has 2 fully saturated rings. The molecule has 15 atom stereocenters. The average Bonchev–Trinajstić information content (AvgIpc) is 1.84. The summed E-state index contributed by atoms with van der Waals surface area (Å²) in [5.41, 5.74) is 6.31. The topological polar surface area (TPSA) is 442 Å². The van der Waals surface area contributed by atoms with Gasteiger partial charge in [-0.2, -0.15) is 0 Å². The monoisotopic (exact) mass is 1430 g/mol. The number of hydrogen-bond acceptors (Lipinski definition) is 17. The lowest BCUT2D eigenvalue weighted by atomic mass is 9.95. The van der Waals surface area contributed by atoms with Crippen molar-refractivity contribution < 1.29 is 77.0 Å². The third kappa shape index (κ3) is 27.0. The number of hydrogen-bond donors (Lipinski definition) is 14. The molecule has 2 saturated heterocycles. The quantitative estimate of drug-likeness (QED) is 0.0351. The van der Waals surface area contributed by atoms with Crippen LogP contribution in [0.15, 0.2) is 42.1 Å². The van der Waals surface area contributed by atoms with Crippen molar-refractivity contribution in [3.63, 3.8) is 0 Å². The van der Waals surface area contributed by atoms with Crippen LogP contribution in [-0.2, 0) is 78.3 Å². The molecule has 30 nitrogen and oxygen atoms in total. The average molecular weight is 1440 g/mol. The van der Waals surface area contributed by atoms with E-state index in [-0.39, 0.29) is 63.2 Å². The molecule has 0 aliphatic carbocycles. The highest BCUT2D eigenvalue weighted by molar-refractivity contribution is 6.03. The van der Waals surface area contributed by atoms with Gasteiger partial charge < -0.3 is 84.3 Å². The van der Waals surface area contributed by atoms with Crippen LogP contribution >= 0.6 is 0 Å². The fourth-order valence-corrected chi connectivity index (χ4v) is 11.6. The third-order valence-corrected chi connectivity index (χ3v) is 18.5.